The van der Waals surface area contributed by atoms with Crippen LogP contribution in [0.1, 0.15) is 37.1 Å². The number of hydrogen-bond acceptors (Lipinski definition) is 5. The van der Waals surface area contributed by atoms with Gasteiger partial charge in [-0.3, -0.25) is 9.52 Å². The summed E-state index contributed by atoms with van der Waals surface area (Å²) in [7, 11) is -3.64. The summed E-state index contributed by atoms with van der Waals surface area (Å²) in [5.41, 5.74) is -0.598. The van der Waals surface area contributed by atoms with Crippen LogP contribution in [0.4, 0.5) is 29.1 Å². The molecule has 0 spiro atoms. The predicted octanol–water partition coefficient (Wildman–Crippen LogP) is 4.15. The number of alkyl halides is 3. The molecular weight excluding hydrogens is 464 g/mol. The van der Waals surface area contributed by atoms with E-state index in [9.17, 15) is 30.8 Å². The van der Waals surface area contributed by atoms with Gasteiger partial charge in [0.25, 0.3) is 0 Å². The number of nitrogens with one attached hydrogen (secondary N) is 3. The van der Waals surface area contributed by atoms with Crippen LogP contribution >= 0.6 is 0 Å². The number of anilines is 2. The standard InChI is InChI=1S/C21H24F4N4O3S/c1-4-13(2)27-20-15(6-9-18(28-20)21(23,24)25)7-10-19(30)26-12-14-5-8-17(16(22)11-14)29-33(3,31)32/h5-11,13,29H,4,12H2,1-3H3,(H,26,30)(H,27,28). The van der Waals surface area contributed by atoms with Crippen LogP contribution in [0.15, 0.2) is 36.4 Å². The number of hydrogen-bond donors (Lipinski definition) is 3. The molecule has 180 valence electrons. The molecule has 0 saturated heterocycles. The molecule has 0 bridgehead atoms. The van der Waals surface area contributed by atoms with E-state index < -0.39 is 33.6 Å². The van der Waals surface area contributed by atoms with Crippen LogP contribution < -0.4 is 15.4 Å². The quantitative estimate of drug-likeness (QED) is 0.364. The number of rotatable bonds is 9. The van der Waals surface area contributed by atoms with Gasteiger partial charge in [-0.15, -0.1) is 0 Å². The van der Waals surface area contributed by atoms with Crippen LogP contribution in [0.3, 0.4) is 0 Å². The maximum Gasteiger partial charge on any atom is 0.433 e. The minimum absolute atomic E-state index is 0.000684. The number of sulfonamides is 1. The van der Waals surface area contributed by atoms with E-state index in [0.717, 1.165) is 24.5 Å². The Balaban J connectivity index is 2.10. The molecule has 0 saturated carbocycles. The lowest BCUT2D eigenvalue weighted by Gasteiger charge is -2.16. The van der Waals surface area contributed by atoms with Crippen LogP contribution in [0, 0.1) is 5.82 Å². The number of halogens is 4. The molecule has 12 heteroatoms. The third-order valence-corrected chi connectivity index (χ3v) is 5.01. The second-order valence-electron chi connectivity index (χ2n) is 7.33. The van der Waals surface area contributed by atoms with E-state index in [1.54, 1.807) is 6.92 Å². The SMILES string of the molecule is CCC(C)Nc1nc(C(F)(F)F)ccc1C=CC(=O)NCc1ccc(NS(C)(=O)=O)c(F)c1. The lowest BCUT2D eigenvalue weighted by atomic mass is 10.1. The highest BCUT2D eigenvalue weighted by atomic mass is 32.2. The van der Waals surface area contributed by atoms with Crippen LogP contribution in [0.5, 0.6) is 0 Å². The van der Waals surface area contributed by atoms with Crippen molar-refractivity contribution in [1.29, 1.82) is 0 Å². The number of pyridine rings is 1. The average molecular weight is 489 g/mol. The Kier molecular flexibility index (Phi) is 8.42. The van der Waals surface area contributed by atoms with Crippen LogP contribution in [0.2, 0.25) is 0 Å². The summed E-state index contributed by atoms with van der Waals surface area (Å²) in [6.07, 6.45) is -0.609. The molecule has 1 aromatic carbocycles. The molecule has 1 aromatic heterocycles. The summed E-state index contributed by atoms with van der Waals surface area (Å²) in [6.45, 7) is 3.60. The molecule has 0 fully saturated rings. The molecule has 33 heavy (non-hydrogen) atoms. The Bertz CT molecular complexity index is 1130. The van der Waals surface area contributed by atoms with Crippen molar-refractivity contribution in [1.82, 2.24) is 10.3 Å². The molecule has 0 aliphatic rings. The van der Waals surface area contributed by atoms with Gasteiger partial charge in [0.1, 0.15) is 17.3 Å². The Morgan fingerprint density at radius 3 is 2.48 bits per heavy atom. The molecule has 1 amide bonds. The van der Waals surface area contributed by atoms with Gasteiger partial charge in [0.2, 0.25) is 15.9 Å². The van der Waals surface area contributed by atoms with Gasteiger partial charge in [0.05, 0.1) is 11.9 Å². The van der Waals surface area contributed by atoms with Crippen molar-refractivity contribution >= 4 is 33.5 Å². The van der Waals surface area contributed by atoms with E-state index in [-0.39, 0.29) is 24.1 Å². The topological polar surface area (TPSA) is 100 Å². The van der Waals surface area contributed by atoms with E-state index in [1.165, 1.54) is 24.3 Å². The smallest absolute Gasteiger partial charge is 0.367 e. The summed E-state index contributed by atoms with van der Waals surface area (Å²) in [5.74, 6) is -1.37. The van der Waals surface area contributed by atoms with Crippen molar-refractivity contribution < 1.29 is 30.8 Å². The van der Waals surface area contributed by atoms with Crippen LogP contribution in [-0.4, -0.2) is 31.6 Å². The van der Waals surface area contributed by atoms with E-state index in [1.807, 2.05) is 11.6 Å². The highest BCUT2D eigenvalue weighted by molar-refractivity contribution is 7.92. The fraction of sp³-hybridized carbons (Fsp3) is 0.333. The van der Waals surface area contributed by atoms with Gasteiger partial charge in [-0.05, 0) is 49.2 Å². The first-order valence-corrected chi connectivity index (χ1v) is 11.7. The maximum absolute atomic E-state index is 14.0. The van der Waals surface area contributed by atoms with Gasteiger partial charge >= 0.3 is 6.18 Å². The van der Waals surface area contributed by atoms with Gasteiger partial charge in [-0.2, -0.15) is 13.2 Å². The molecule has 3 N–H and O–H groups in total. The van der Waals surface area contributed by atoms with Gasteiger partial charge in [-0.1, -0.05) is 13.0 Å². The zero-order valence-electron chi connectivity index (χ0n) is 18.1. The molecule has 7 nitrogen and oxygen atoms in total. The Labute approximate surface area is 189 Å². The molecule has 2 aromatic rings. The molecule has 0 aliphatic carbocycles. The first-order valence-electron chi connectivity index (χ1n) is 9.85. The van der Waals surface area contributed by atoms with Crippen molar-refractivity contribution in [3.63, 3.8) is 0 Å². The third-order valence-electron chi connectivity index (χ3n) is 4.42. The first kappa shape index (κ1) is 26.1. The Morgan fingerprint density at radius 2 is 1.91 bits per heavy atom. The van der Waals surface area contributed by atoms with Crippen molar-refractivity contribution in [3.05, 3.63) is 59.0 Å². The van der Waals surface area contributed by atoms with Crippen molar-refractivity contribution in [2.24, 2.45) is 0 Å². The van der Waals surface area contributed by atoms with E-state index in [0.29, 0.717) is 17.5 Å². The average Bonchev–Trinajstić information content (AvgIpc) is 2.71. The summed E-state index contributed by atoms with van der Waals surface area (Å²) in [5, 5.41) is 5.42. The zero-order chi connectivity index (χ0) is 24.8. The number of amides is 1. The summed E-state index contributed by atoms with van der Waals surface area (Å²) in [6, 6.07) is 5.65. The molecule has 1 heterocycles. The molecule has 1 atom stereocenters. The monoisotopic (exact) mass is 488 g/mol. The zero-order valence-corrected chi connectivity index (χ0v) is 18.9. The second-order valence-corrected chi connectivity index (χ2v) is 9.07. The molecule has 2 rings (SSSR count). The van der Waals surface area contributed by atoms with Crippen molar-refractivity contribution in [2.45, 2.75) is 39.0 Å². The van der Waals surface area contributed by atoms with Crippen LogP contribution in [0.25, 0.3) is 6.08 Å². The van der Waals surface area contributed by atoms with Gasteiger partial charge in [0.15, 0.2) is 0 Å². The second kappa shape index (κ2) is 10.6. The number of aromatic nitrogens is 1. The number of carbonyl (C=O) groups is 1. The highest BCUT2D eigenvalue weighted by Crippen LogP contribution is 2.30. The molecule has 0 radical (unpaired) electrons. The predicted molar refractivity (Wildman–Crippen MR) is 118 cm³/mol. The van der Waals surface area contributed by atoms with E-state index in [4.69, 9.17) is 0 Å². The Hall–Kier alpha value is -3.15. The largest absolute Gasteiger partial charge is 0.433 e. The van der Waals surface area contributed by atoms with Crippen molar-refractivity contribution in [3.8, 4) is 0 Å². The van der Waals surface area contributed by atoms with Gasteiger partial charge < -0.3 is 10.6 Å². The summed E-state index contributed by atoms with van der Waals surface area (Å²) < 4.78 is 77.4. The number of carbonyl (C=O) groups excluding carboxylic acids is 1. The minimum atomic E-state index is -4.60. The maximum atomic E-state index is 14.0. The van der Waals surface area contributed by atoms with Gasteiger partial charge in [0, 0.05) is 24.2 Å². The lowest BCUT2D eigenvalue weighted by molar-refractivity contribution is -0.141. The van der Waals surface area contributed by atoms with E-state index >= 15 is 0 Å². The minimum Gasteiger partial charge on any atom is -0.367 e. The number of benzene rings is 1. The molecule has 0 aliphatic heterocycles. The van der Waals surface area contributed by atoms with E-state index in [2.05, 4.69) is 15.6 Å². The Morgan fingerprint density at radius 1 is 1.21 bits per heavy atom. The first-order chi connectivity index (χ1) is 15.3. The lowest BCUT2D eigenvalue weighted by Crippen LogP contribution is -2.20. The summed E-state index contributed by atoms with van der Waals surface area (Å²) >= 11 is 0. The summed E-state index contributed by atoms with van der Waals surface area (Å²) in [4.78, 5) is 15.8. The fourth-order valence-corrected chi connectivity index (χ4v) is 3.14. The van der Waals surface area contributed by atoms with Crippen molar-refractivity contribution in [2.75, 3.05) is 16.3 Å². The number of nitrogens with zero attached hydrogens (tertiary/aromatic N) is 1. The van der Waals surface area contributed by atoms with Gasteiger partial charge in [-0.25, -0.2) is 17.8 Å². The third kappa shape index (κ3) is 8.37. The normalized spacial score (nSPS) is 13.1. The molecular formula is C21H24F4N4O3S. The van der Waals surface area contributed by atoms with Crippen LogP contribution in [-0.2, 0) is 27.5 Å². The fourth-order valence-electron chi connectivity index (χ4n) is 2.58. The highest BCUT2D eigenvalue weighted by Gasteiger charge is 2.33. The molecule has 1 unspecified atom stereocenters.